The van der Waals surface area contributed by atoms with Gasteiger partial charge in [-0.15, -0.1) is 0 Å². The average Bonchev–Trinajstić information content (AvgIpc) is 2.63. The Morgan fingerprint density at radius 2 is 2.00 bits per heavy atom. The highest BCUT2D eigenvalue weighted by atomic mass is 16.5. The van der Waals surface area contributed by atoms with Crippen molar-refractivity contribution in [3.63, 3.8) is 0 Å². The third-order valence-corrected chi connectivity index (χ3v) is 4.29. The molecular formula is C20H23NO4. The topological polar surface area (TPSA) is 56.8 Å². The van der Waals surface area contributed by atoms with E-state index in [2.05, 4.69) is 11.4 Å². The van der Waals surface area contributed by atoms with Crippen molar-refractivity contribution in [3.8, 4) is 11.5 Å². The van der Waals surface area contributed by atoms with Crippen LogP contribution in [0.5, 0.6) is 11.5 Å². The molecule has 1 heterocycles. The largest absolute Gasteiger partial charge is 0.493 e. The summed E-state index contributed by atoms with van der Waals surface area (Å²) in [6.07, 6.45) is 1.90. The lowest BCUT2D eigenvalue weighted by Crippen LogP contribution is -2.23. The van der Waals surface area contributed by atoms with Crippen LogP contribution in [0, 0.1) is 5.92 Å². The number of methoxy groups -OCH3 is 2. The molecule has 0 spiro atoms. The normalized spacial score (nSPS) is 15.8. The molecule has 2 aromatic carbocycles. The number of hydrogen-bond acceptors (Lipinski definition) is 4. The first-order valence-electron chi connectivity index (χ1n) is 8.36. The summed E-state index contributed by atoms with van der Waals surface area (Å²) < 4.78 is 16.1. The summed E-state index contributed by atoms with van der Waals surface area (Å²) in [5.74, 6) is 1.94. The van der Waals surface area contributed by atoms with Gasteiger partial charge in [-0.3, -0.25) is 4.79 Å². The van der Waals surface area contributed by atoms with Crippen LogP contribution in [0.2, 0.25) is 0 Å². The Bertz CT molecular complexity index is 727. The molecule has 25 heavy (non-hydrogen) atoms. The van der Waals surface area contributed by atoms with E-state index in [1.807, 2.05) is 36.4 Å². The van der Waals surface area contributed by atoms with E-state index >= 15 is 0 Å². The summed E-state index contributed by atoms with van der Waals surface area (Å²) in [4.78, 5) is 11.5. The molecule has 1 N–H and O–H groups in total. The summed E-state index contributed by atoms with van der Waals surface area (Å²) in [7, 11) is 3.17. The number of nitrogens with one attached hydrogen (secondary N) is 1. The predicted octanol–water partition coefficient (Wildman–Crippen LogP) is 3.07. The van der Waals surface area contributed by atoms with Crippen molar-refractivity contribution in [3.05, 3.63) is 53.6 Å². The summed E-state index contributed by atoms with van der Waals surface area (Å²) in [6, 6.07) is 14.0. The van der Waals surface area contributed by atoms with Gasteiger partial charge >= 0.3 is 0 Å². The number of para-hydroxylation sites is 1. The minimum absolute atomic E-state index is 0.0596. The van der Waals surface area contributed by atoms with Crippen molar-refractivity contribution in [2.24, 2.45) is 5.92 Å². The van der Waals surface area contributed by atoms with Crippen LogP contribution in [0.15, 0.2) is 42.5 Å². The Balaban J connectivity index is 1.60. The fourth-order valence-corrected chi connectivity index (χ4v) is 3.13. The molecule has 0 radical (unpaired) electrons. The fraction of sp³-hybridized carbons (Fsp3) is 0.350. The maximum atomic E-state index is 11.5. The fourth-order valence-electron chi connectivity index (χ4n) is 3.13. The van der Waals surface area contributed by atoms with Crippen LogP contribution in [-0.4, -0.2) is 33.3 Å². The number of anilines is 1. The third-order valence-electron chi connectivity index (χ3n) is 4.29. The predicted molar refractivity (Wildman–Crippen MR) is 96.3 cm³/mol. The van der Waals surface area contributed by atoms with Crippen LogP contribution in [0.3, 0.4) is 0 Å². The van der Waals surface area contributed by atoms with Crippen molar-refractivity contribution >= 4 is 11.6 Å². The minimum atomic E-state index is -0.151. The zero-order chi connectivity index (χ0) is 17.6. The van der Waals surface area contributed by atoms with Crippen LogP contribution in [-0.2, 0) is 22.4 Å². The smallest absolute Gasteiger partial charge is 0.250 e. The molecule has 2 aromatic rings. The van der Waals surface area contributed by atoms with Crippen LogP contribution < -0.4 is 14.8 Å². The first-order valence-corrected chi connectivity index (χ1v) is 8.36. The summed E-state index contributed by atoms with van der Waals surface area (Å²) >= 11 is 0. The molecular weight excluding hydrogens is 318 g/mol. The lowest BCUT2D eigenvalue weighted by molar-refractivity contribution is -0.119. The van der Waals surface area contributed by atoms with Gasteiger partial charge in [0.05, 0.1) is 13.7 Å². The molecule has 0 aliphatic carbocycles. The first-order chi connectivity index (χ1) is 12.2. The number of hydrogen-bond donors (Lipinski definition) is 1. The number of carbonyl (C=O) groups excluding carboxylic acids is 1. The SMILES string of the molecule is COCC(=O)Nc1ccc(C[C@H]2COc3c(cccc3OC)C2)cc1. The third kappa shape index (κ3) is 4.31. The molecule has 1 amide bonds. The van der Waals surface area contributed by atoms with Crippen LogP contribution >= 0.6 is 0 Å². The maximum absolute atomic E-state index is 11.5. The minimum Gasteiger partial charge on any atom is -0.493 e. The van der Waals surface area contributed by atoms with Crippen molar-refractivity contribution < 1.29 is 19.0 Å². The van der Waals surface area contributed by atoms with Gasteiger partial charge < -0.3 is 19.5 Å². The van der Waals surface area contributed by atoms with E-state index < -0.39 is 0 Å². The lowest BCUT2D eigenvalue weighted by Gasteiger charge is -2.26. The highest BCUT2D eigenvalue weighted by molar-refractivity contribution is 5.91. The molecule has 3 rings (SSSR count). The van der Waals surface area contributed by atoms with E-state index in [1.54, 1.807) is 7.11 Å². The maximum Gasteiger partial charge on any atom is 0.250 e. The average molecular weight is 341 g/mol. The molecule has 0 bridgehead atoms. The van der Waals surface area contributed by atoms with Gasteiger partial charge in [0.1, 0.15) is 6.61 Å². The Morgan fingerprint density at radius 1 is 1.20 bits per heavy atom. The molecule has 5 heteroatoms. The van der Waals surface area contributed by atoms with E-state index in [4.69, 9.17) is 14.2 Å². The zero-order valence-electron chi connectivity index (χ0n) is 14.6. The van der Waals surface area contributed by atoms with Crippen molar-refractivity contribution in [1.29, 1.82) is 0 Å². The molecule has 0 saturated carbocycles. The second-order valence-corrected chi connectivity index (χ2v) is 6.21. The lowest BCUT2D eigenvalue weighted by atomic mass is 9.91. The molecule has 132 valence electrons. The number of rotatable bonds is 6. The Morgan fingerprint density at radius 3 is 2.72 bits per heavy atom. The van der Waals surface area contributed by atoms with E-state index in [-0.39, 0.29) is 12.5 Å². The van der Waals surface area contributed by atoms with Crippen LogP contribution in [0.1, 0.15) is 11.1 Å². The van der Waals surface area contributed by atoms with E-state index in [1.165, 1.54) is 18.2 Å². The second-order valence-electron chi connectivity index (χ2n) is 6.21. The van der Waals surface area contributed by atoms with Gasteiger partial charge in [0.15, 0.2) is 11.5 Å². The summed E-state index contributed by atoms with van der Waals surface area (Å²) in [5, 5.41) is 2.80. The van der Waals surface area contributed by atoms with Gasteiger partial charge in [0, 0.05) is 18.7 Å². The highest BCUT2D eigenvalue weighted by Crippen LogP contribution is 2.36. The van der Waals surface area contributed by atoms with Crippen molar-refractivity contribution in [2.75, 3.05) is 32.8 Å². The molecule has 0 fully saturated rings. The van der Waals surface area contributed by atoms with Crippen molar-refractivity contribution in [1.82, 2.24) is 0 Å². The Labute approximate surface area is 147 Å². The van der Waals surface area contributed by atoms with Gasteiger partial charge in [-0.05, 0) is 42.2 Å². The Kier molecular flexibility index (Phi) is 5.56. The molecule has 0 aromatic heterocycles. The van der Waals surface area contributed by atoms with Gasteiger partial charge in [0.25, 0.3) is 0 Å². The van der Waals surface area contributed by atoms with Gasteiger partial charge in [-0.1, -0.05) is 24.3 Å². The van der Waals surface area contributed by atoms with Crippen LogP contribution in [0.25, 0.3) is 0 Å². The zero-order valence-corrected chi connectivity index (χ0v) is 14.6. The molecule has 0 saturated heterocycles. The molecule has 1 aliphatic heterocycles. The molecule has 1 aliphatic rings. The Hall–Kier alpha value is -2.53. The first kappa shape index (κ1) is 17.3. The van der Waals surface area contributed by atoms with E-state index in [0.717, 1.165) is 30.0 Å². The summed E-state index contributed by atoms with van der Waals surface area (Å²) in [6.45, 7) is 0.740. The second kappa shape index (κ2) is 8.03. The highest BCUT2D eigenvalue weighted by Gasteiger charge is 2.22. The molecule has 1 atom stereocenters. The standard InChI is InChI=1S/C20H23NO4/c1-23-13-19(22)21-17-8-6-14(7-9-17)10-15-11-16-4-3-5-18(24-2)20(16)25-12-15/h3-9,15H,10-13H2,1-2H3,(H,21,22)/t15-/m1/s1. The van der Waals surface area contributed by atoms with Gasteiger partial charge in [-0.2, -0.15) is 0 Å². The van der Waals surface area contributed by atoms with E-state index in [0.29, 0.717) is 12.5 Å². The van der Waals surface area contributed by atoms with Crippen molar-refractivity contribution in [2.45, 2.75) is 12.8 Å². The monoisotopic (exact) mass is 341 g/mol. The summed E-state index contributed by atoms with van der Waals surface area (Å²) in [5.41, 5.74) is 3.20. The quantitative estimate of drug-likeness (QED) is 0.877. The molecule has 5 nitrogen and oxygen atoms in total. The van der Waals surface area contributed by atoms with Gasteiger partial charge in [0.2, 0.25) is 5.91 Å². The molecule has 0 unspecified atom stereocenters. The number of amides is 1. The number of fused-ring (bicyclic) bond motifs is 1. The van der Waals surface area contributed by atoms with E-state index in [9.17, 15) is 4.79 Å². The number of benzene rings is 2. The number of ether oxygens (including phenoxy) is 3. The van der Waals surface area contributed by atoms with Gasteiger partial charge in [-0.25, -0.2) is 0 Å². The number of carbonyl (C=O) groups is 1. The van der Waals surface area contributed by atoms with Crippen LogP contribution in [0.4, 0.5) is 5.69 Å².